The van der Waals surface area contributed by atoms with Crippen LogP contribution in [0.1, 0.15) is 34.7 Å². The predicted octanol–water partition coefficient (Wildman–Crippen LogP) is 1.72. The monoisotopic (exact) mass is 400 g/mol. The van der Waals surface area contributed by atoms with Crippen LogP contribution in [0.5, 0.6) is 5.75 Å². The van der Waals surface area contributed by atoms with Crippen molar-refractivity contribution < 1.29 is 23.8 Å². The van der Waals surface area contributed by atoms with Gasteiger partial charge in [0.2, 0.25) is 0 Å². The van der Waals surface area contributed by atoms with Crippen LogP contribution < -0.4 is 10.1 Å². The van der Waals surface area contributed by atoms with Gasteiger partial charge < -0.3 is 24.3 Å². The maximum atomic E-state index is 13.1. The van der Waals surface area contributed by atoms with Gasteiger partial charge in [0.1, 0.15) is 29.4 Å². The van der Waals surface area contributed by atoms with Crippen molar-refractivity contribution in [1.29, 1.82) is 0 Å². The second-order valence-corrected chi connectivity index (χ2v) is 7.37. The molecule has 1 saturated heterocycles. The number of ether oxygens (including phenoxy) is 2. The molecule has 2 N–H and O–H groups in total. The molecule has 9 nitrogen and oxygen atoms in total. The van der Waals surface area contributed by atoms with E-state index in [-0.39, 0.29) is 19.1 Å². The summed E-state index contributed by atoms with van der Waals surface area (Å²) < 4.78 is 18.5. The van der Waals surface area contributed by atoms with E-state index in [1.807, 2.05) is 0 Å². The van der Waals surface area contributed by atoms with Crippen LogP contribution in [0.15, 0.2) is 28.8 Å². The maximum Gasteiger partial charge on any atom is 0.255 e. The van der Waals surface area contributed by atoms with Crippen LogP contribution in [0, 0.1) is 6.92 Å². The first-order valence-corrected chi connectivity index (χ1v) is 9.52. The zero-order chi connectivity index (χ0) is 20.4. The highest BCUT2D eigenvalue weighted by Crippen LogP contribution is 2.30. The van der Waals surface area contributed by atoms with Gasteiger partial charge in [-0.1, -0.05) is 5.21 Å². The van der Waals surface area contributed by atoms with E-state index in [1.165, 1.54) is 0 Å². The Hall–Kier alpha value is -2.91. The summed E-state index contributed by atoms with van der Waals surface area (Å²) >= 11 is 0. The van der Waals surface area contributed by atoms with Gasteiger partial charge in [0, 0.05) is 25.6 Å². The molecule has 154 valence electrons. The molecule has 29 heavy (non-hydrogen) atoms. The van der Waals surface area contributed by atoms with Crippen LogP contribution in [0.2, 0.25) is 0 Å². The number of hydrogen-bond donors (Lipinski definition) is 2. The number of amides is 1. The smallest absolute Gasteiger partial charge is 0.255 e. The lowest BCUT2D eigenvalue weighted by Gasteiger charge is -2.36. The third-order valence-corrected chi connectivity index (χ3v) is 5.23. The standard InChI is InChI=1S/C20H24N4O5/c1-13-18(19(26)21-20(12-25)5-7-27-8-6-20)16-9-15(3-4-17(16)29-13)28-11-14-10-24(2)23-22-14/h3-4,9-10,25H,5-8,11-12H2,1-2H3,(H,21,26). The van der Waals surface area contributed by atoms with E-state index < -0.39 is 5.54 Å². The fraction of sp³-hybridized carbons (Fsp3) is 0.450. The summed E-state index contributed by atoms with van der Waals surface area (Å²) in [6.45, 7) is 2.90. The summed E-state index contributed by atoms with van der Waals surface area (Å²) in [6.07, 6.45) is 2.91. The number of nitrogens with zero attached hydrogens (tertiary/aromatic N) is 3. The molecule has 0 aliphatic carbocycles. The number of fused-ring (bicyclic) bond motifs is 1. The second-order valence-electron chi connectivity index (χ2n) is 7.37. The number of hydrogen-bond acceptors (Lipinski definition) is 7. The van der Waals surface area contributed by atoms with E-state index >= 15 is 0 Å². The third kappa shape index (κ3) is 3.96. The van der Waals surface area contributed by atoms with Gasteiger partial charge in [-0.2, -0.15) is 0 Å². The normalized spacial score (nSPS) is 16.1. The Morgan fingerprint density at radius 2 is 2.17 bits per heavy atom. The Morgan fingerprint density at radius 1 is 1.38 bits per heavy atom. The van der Waals surface area contributed by atoms with Crippen LogP contribution in [0.25, 0.3) is 11.0 Å². The molecule has 1 amide bonds. The molecule has 1 aromatic carbocycles. The second kappa shape index (κ2) is 7.84. The number of furan rings is 1. The van der Waals surface area contributed by atoms with Crippen molar-refractivity contribution in [3.8, 4) is 5.75 Å². The largest absolute Gasteiger partial charge is 0.487 e. The van der Waals surface area contributed by atoms with Crippen LogP contribution in [0.3, 0.4) is 0 Å². The molecular formula is C20H24N4O5. The Labute approximate surface area is 167 Å². The van der Waals surface area contributed by atoms with Crippen LogP contribution in [-0.4, -0.2) is 51.4 Å². The molecule has 0 unspecified atom stereocenters. The Morgan fingerprint density at radius 3 is 2.86 bits per heavy atom. The first kappa shape index (κ1) is 19.4. The predicted molar refractivity (Wildman–Crippen MR) is 104 cm³/mol. The van der Waals surface area contributed by atoms with Crippen molar-refractivity contribution in [1.82, 2.24) is 20.3 Å². The van der Waals surface area contributed by atoms with Gasteiger partial charge >= 0.3 is 0 Å². The minimum atomic E-state index is -0.675. The van der Waals surface area contributed by atoms with Crippen molar-refractivity contribution in [2.45, 2.75) is 31.9 Å². The number of aliphatic hydroxyl groups is 1. The average Bonchev–Trinajstić information content (AvgIpc) is 3.28. The molecule has 0 atom stereocenters. The summed E-state index contributed by atoms with van der Waals surface area (Å²) in [4.78, 5) is 13.1. The van der Waals surface area contributed by atoms with E-state index in [9.17, 15) is 9.90 Å². The van der Waals surface area contributed by atoms with Gasteiger partial charge in [-0.05, 0) is 38.0 Å². The van der Waals surface area contributed by atoms with Gasteiger partial charge in [0.05, 0.1) is 23.9 Å². The summed E-state index contributed by atoms with van der Waals surface area (Å²) in [5.74, 6) is 0.841. The number of aryl methyl sites for hydroxylation is 2. The lowest BCUT2D eigenvalue weighted by atomic mass is 9.90. The number of aromatic nitrogens is 3. The molecule has 1 aliphatic rings. The Balaban J connectivity index is 1.58. The molecule has 2 aromatic heterocycles. The van der Waals surface area contributed by atoms with Crippen molar-refractivity contribution in [2.24, 2.45) is 7.05 Å². The van der Waals surface area contributed by atoms with Gasteiger partial charge in [0.25, 0.3) is 5.91 Å². The number of benzene rings is 1. The molecule has 4 rings (SSSR count). The van der Waals surface area contributed by atoms with Gasteiger partial charge in [0.15, 0.2) is 0 Å². The first-order valence-electron chi connectivity index (χ1n) is 9.52. The van der Waals surface area contributed by atoms with Crippen LogP contribution in [-0.2, 0) is 18.4 Å². The number of nitrogens with one attached hydrogen (secondary N) is 1. The summed E-state index contributed by atoms with van der Waals surface area (Å²) in [5, 5.41) is 21.4. The van der Waals surface area contributed by atoms with Crippen molar-refractivity contribution in [2.75, 3.05) is 19.8 Å². The fourth-order valence-corrected chi connectivity index (χ4v) is 3.58. The number of carbonyl (C=O) groups is 1. The van der Waals surface area contributed by atoms with E-state index in [4.69, 9.17) is 13.9 Å². The number of rotatable bonds is 6. The zero-order valence-electron chi connectivity index (χ0n) is 16.5. The van der Waals surface area contributed by atoms with Gasteiger partial charge in [-0.25, -0.2) is 0 Å². The van der Waals surface area contributed by atoms with E-state index in [0.29, 0.717) is 59.8 Å². The summed E-state index contributed by atoms with van der Waals surface area (Å²) in [7, 11) is 1.79. The Bertz CT molecular complexity index is 1020. The quantitative estimate of drug-likeness (QED) is 0.648. The molecule has 9 heteroatoms. The highest BCUT2D eigenvalue weighted by molar-refractivity contribution is 6.07. The molecule has 0 radical (unpaired) electrons. The molecule has 0 bridgehead atoms. The van der Waals surface area contributed by atoms with Crippen molar-refractivity contribution >= 4 is 16.9 Å². The first-order chi connectivity index (χ1) is 14.0. The molecule has 1 aliphatic heterocycles. The lowest BCUT2D eigenvalue weighted by Crippen LogP contribution is -2.54. The molecular weight excluding hydrogens is 376 g/mol. The molecule has 0 saturated carbocycles. The van der Waals surface area contributed by atoms with Crippen LogP contribution >= 0.6 is 0 Å². The van der Waals surface area contributed by atoms with Crippen molar-refractivity contribution in [3.05, 3.63) is 41.4 Å². The minimum Gasteiger partial charge on any atom is -0.487 e. The van der Waals surface area contributed by atoms with E-state index in [0.717, 1.165) is 0 Å². The average molecular weight is 400 g/mol. The minimum absolute atomic E-state index is 0.136. The number of carbonyl (C=O) groups excluding carboxylic acids is 1. The Kier molecular flexibility index (Phi) is 5.25. The summed E-state index contributed by atoms with van der Waals surface area (Å²) in [5.41, 5.74) is 1.08. The topological polar surface area (TPSA) is 112 Å². The lowest BCUT2D eigenvalue weighted by molar-refractivity contribution is 0.0125. The maximum absolute atomic E-state index is 13.1. The third-order valence-electron chi connectivity index (χ3n) is 5.23. The van der Waals surface area contributed by atoms with E-state index in [2.05, 4.69) is 15.6 Å². The molecule has 3 heterocycles. The molecule has 0 spiro atoms. The fourth-order valence-electron chi connectivity index (χ4n) is 3.58. The van der Waals surface area contributed by atoms with Gasteiger partial charge in [-0.3, -0.25) is 9.48 Å². The SMILES string of the molecule is Cc1oc2ccc(OCc3cn(C)nn3)cc2c1C(=O)NC1(CO)CCOCC1. The number of aliphatic hydroxyl groups excluding tert-OH is 1. The summed E-state index contributed by atoms with van der Waals surface area (Å²) in [6, 6.07) is 5.35. The molecule has 1 fully saturated rings. The van der Waals surface area contributed by atoms with Gasteiger partial charge in [-0.15, -0.1) is 5.10 Å². The van der Waals surface area contributed by atoms with Crippen molar-refractivity contribution in [3.63, 3.8) is 0 Å². The van der Waals surface area contributed by atoms with E-state index in [1.54, 1.807) is 43.0 Å². The molecule has 3 aromatic rings. The zero-order valence-corrected chi connectivity index (χ0v) is 16.5. The van der Waals surface area contributed by atoms with Crippen LogP contribution in [0.4, 0.5) is 0 Å². The highest BCUT2D eigenvalue weighted by Gasteiger charge is 2.35. The highest BCUT2D eigenvalue weighted by atomic mass is 16.5.